The van der Waals surface area contributed by atoms with E-state index in [1.807, 2.05) is 0 Å². The fourth-order valence-corrected chi connectivity index (χ4v) is 0. The van der Waals surface area contributed by atoms with Crippen LogP contribution in [0.5, 0.6) is 0 Å². The van der Waals surface area contributed by atoms with Gasteiger partial charge in [-0.05, 0) is 0 Å². The second-order valence-electron chi connectivity index (χ2n) is 0. The van der Waals surface area contributed by atoms with Gasteiger partial charge in [-0.1, -0.05) is 0 Å². The van der Waals surface area contributed by atoms with Crippen molar-refractivity contribution in [1.82, 2.24) is 0 Å². The van der Waals surface area contributed by atoms with Crippen LogP contribution in [0.1, 0.15) is 0 Å². The first-order chi connectivity index (χ1) is 1.00. The maximum absolute atomic E-state index is 6.47. The van der Waals surface area contributed by atoms with Gasteiger partial charge in [0.2, 0.25) is 0 Å². The minimum absolute atomic E-state index is 0. The molecule has 1 nitrogen and oxygen atoms in total. The summed E-state index contributed by atoms with van der Waals surface area (Å²) in [6, 6.07) is 0. The van der Waals surface area contributed by atoms with Gasteiger partial charge in [0.05, 0.1) is 11.9 Å². The van der Waals surface area contributed by atoms with Crippen LogP contribution in [0.25, 0.3) is 0 Å². The Morgan fingerprint density at radius 1 is 1.25 bits per heavy atom. The van der Waals surface area contributed by atoms with Gasteiger partial charge in [-0.25, -0.2) is 0 Å². The molecule has 0 aromatic rings. The molecule has 0 bridgehead atoms. The molecule has 0 aliphatic heterocycles. The predicted molar refractivity (Wildman–Crippen MR) is 15.2 cm³/mol. The second kappa shape index (κ2) is 20.1. The molecule has 0 saturated carbocycles. The van der Waals surface area contributed by atoms with Crippen LogP contribution in [-0.2, 0) is 22.4 Å². The molecule has 27 valence electrons. The number of hydrogen-bond donors (Lipinski definition) is 1. The van der Waals surface area contributed by atoms with Gasteiger partial charge < -0.3 is 0 Å². The van der Waals surface area contributed by atoms with Crippen LogP contribution in [0.2, 0.25) is 0 Å². The first-order valence-corrected chi connectivity index (χ1v) is 0.507. The monoisotopic (exact) mass is 183 g/mol. The molecular weight excluding hydrogens is 182 g/mol. The van der Waals surface area contributed by atoms with Crippen LogP contribution >= 0.6 is 11.9 Å². The van der Waals surface area contributed by atoms with Crippen LogP contribution < -0.4 is 0 Å². The fourth-order valence-electron chi connectivity index (χ4n) is 0. The molecule has 0 aromatic heterocycles. The Bertz CT molecular complexity index is 8.00. The van der Waals surface area contributed by atoms with Gasteiger partial charge in [0.1, 0.15) is 0 Å². The molecule has 4 heavy (non-hydrogen) atoms. The Hall–Kier alpha value is 1.99. The third-order valence-electron chi connectivity index (χ3n) is 0. The summed E-state index contributed by atoms with van der Waals surface area (Å²) in [5.41, 5.74) is 0. The summed E-state index contributed by atoms with van der Waals surface area (Å²) in [7, 11) is 0. The molecule has 0 amide bonds. The zero-order chi connectivity index (χ0) is 2.00. The van der Waals surface area contributed by atoms with Crippen molar-refractivity contribution in [3.63, 3.8) is 0 Å². The average Bonchev–Trinajstić information content (AvgIpc) is 1.00. The van der Waals surface area contributed by atoms with E-state index in [1.54, 1.807) is 0 Å². The van der Waals surface area contributed by atoms with Gasteiger partial charge in [0.15, 0.2) is 0 Å². The molecule has 0 aromatic carbocycles. The molecule has 0 heterocycles. The summed E-state index contributed by atoms with van der Waals surface area (Å²) in [5.74, 6) is 0. The van der Waals surface area contributed by atoms with Crippen LogP contribution in [-0.4, -0.2) is 34.2 Å². The molecular formula is H2AgClNaO. The molecule has 0 aliphatic carbocycles. The summed E-state index contributed by atoms with van der Waals surface area (Å²) in [6.07, 6.45) is 0. The quantitative estimate of drug-likeness (QED) is 0.502. The predicted octanol–water partition coefficient (Wildman–Crippen LogP) is -0.518. The first kappa shape index (κ1) is 16.7. The van der Waals surface area contributed by atoms with Crippen LogP contribution in [0.15, 0.2) is 0 Å². The van der Waals surface area contributed by atoms with Crippen molar-refractivity contribution in [3.05, 3.63) is 0 Å². The van der Waals surface area contributed by atoms with Crippen molar-refractivity contribution in [2.24, 2.45) is 0 Å². The summed E-state index contributed by atoms with van der Waals surface area (Å²) in [4.78, 5) is 0. The van der Waals surface area contributed by atoms with Gasteiger partial charge >= 0.3 is 29.6 Å². The fraction of sp³-hybridized carbons (Fsp3) is 0. The molecule has 1 N–H and O–H groups in total. The molecule has 1 radical (unpaired) electrons. The van der Waals surface area contributed by atoms with E-state index in [9.17, 15) is 0 Å². The Balaban J connectivity index is -0.00000000500. The van der Waals surface area contributed by atoms with Crippen molar-refractivity contribution in [2.45, 2.75) is 0 Å². The second-order valence-corrected chi connectivity index (χ2v) is 0. The summed E-state index contributed by atoms with van der Waals surface area (Å²) in [5, 5.41) is 0. The Labute approximate surface area is 67.7 Å². The Morgan fingerprint density at radius 2 is 1.25 bits per heavy atom. The van der Waals surface area contributed by atoms with E-state index in [4.69, 9.17) is 4.66 Å². The van der Waals surface area contributed by atoms with Gasteiger partial charge in [-0.3, -0.25) is 4.66 Å². The zero-order valence-electron chi connectivity index (χ0n) is 1.13. The van der Waals surface area contributed by atoms with E-state index in [0.717, 1.165) is 0 Å². The molecule has 0 spiro atoms. The Morgan fingerprint density at radius 3 is 1.25 bits per heavy atom. The summed E-state index contributed by atoms with van der Waals surface area (Å²) >= 11 is 3.64. The van der Waals surface area contributed by atoms with E-state index >= 15 is 0 Å². The number of hydrogen-bond acceptors (Lipinski definition) is 1. The van der Waals surface area contributed by atoms with Crippen molar-refractivity contribution < 1.29 is 27.0 Å². The Kier molecular flexibility index (Phi) is 83.7. The maximum atomic E-state index is 6.47. The van der Waals surface area contributed by atoms with Crippen molar-refractivity contribution >= 4 is 41.4 Å². The standard InChI is InChI=1S/Ag.ClHO.Na.H/c;1-2;;/h;2H;;. The molecule has 0 rings (SSSR count). The minimum atomic E-state index is 0. The molecule has 0 fully saturated rings. The van der Waals surface area contributed by atoms with E-state index in [1.165, 1.54) is 0 Å². The van der Waals surface area contributed by atoms with E-state index < -0.39 is 0 Å². The normalized spacial score (nSPS) is 1.50. The number of rotatable bonds is 0. The molecule has 0 aliphatic rings. The van der Waals surface area contributed by atoms with Crippen LogP contribution in [0, 0.1) is 0 Å². The van der Waals surface area contributed by atoms with E-state index in [-0.39, 0.29) is 51.9 Å². The van der Waals surface area contributed by atoms with Crippen molar-refractivity contribution in [1.29, 1.82) is 0 Å². The van der Waals surface area contributed by atoms with Crippen LogP contribution in [0.3, 0.4) is 0 Å². The van der Waals surface area contributed by atoms with Gasteiger partial charge in [0.25, 0.3) is 0 Å². The summed E-state index contributed by atoms with van der Waals surface area (Å²) < 4.78 is 6.47. The average molecular weight is 184 g/mol. The summed E-state index contributed by atoms with van der Waals surface area (Å²) in [6.45, 7) is 0. The van der Waals surface area contributed by atoms with E-state index in [0.29, 0.717) is 0 Å². The number of halogens is 1. The SMILES string of the molecule is OCl.[Ag].[NaH]. The molecule has 4 heteroatoms. The molecule has 0 unspecified atom stereocenters. The third kappa shape index (κ3) is 9.01. The van der Waals surface area contributed by atoms with Gasteiger partial charge in [-0.15, -0.1) is 0 Å². The third-order valence-corrected chi connectivity index (χ3v) is 0. The topological polar surface area (TPSA) is 20.2 Å². The first-order valence-electron chi connectivity index (χ1n) is 0.169. The van der Waals surface area contributed by atoms with Crippen molar-refractivity contribution in [3.8, 4) is 0 Å². The van der Waals surface area contributed by atoms with Crippen LogP contribution in [0.4, 0.5) is 0 Å². The molecule has 0 atom stereocenters. The van der Waals surface area contributed by atoms with E-state index in [2.05, 4.69) is 11.9 Å². The molecule has 0 saturated heterocycles. The zero-order valence-corrected chi connectivity index (χ0v) is 3.36. The van der Waals surface area contributed by atoms with Gasteiger partial charge in [0, 0.05) is 22.4 Å². The van der Waals surface area contributed by atoms with Gasteiger partial charge in [-0.2, -0.15) is 0 Å². The van der Waals surface area contributed by atoms with Crippen molar-refractivity contribution in [2.75, 3.05) is 0 Å².